The number of nitrogens with two attached hydrogens (primary N) is 1. The summed E-state index contributed by atoms with van der Waals surface area (Å²) in [6.07, 6.45) is 1.36. The highest BCUT2D eigenvalue weighted by Gasteiger charge is 2.77. The number of fused-ring (bicyclic) bond motifs is 4. The molecule has 0 radical (unpaired) electrons. The van der Waals surface area contributed by atoms with Crippen LogP contribution in [0.2, 0.25) is 0 Å². The number of rotatable bonds is 2. The van der Waals surface area contributed by atoms with Gasteiger partial charge in [0.25, 0.3) is 11.8 Å². The Morgan fingerprint density at radius 1 is 1.02 bits per heavy atom. The standard InChI is InChI=1S/C27H19BrCl2FN3O6/c28-11-1-8-18(35)16(9-11)20-14-6-7-15-19(22(37)34(21(15)36)25(32)40)17(14)10-26(29)23(38)33(24(39)27(20,26)30)13-4-2-12(31)3-5-13/h1-6,8-9,15,17,19-20,35H,7,10H2,(H2,32,40). The minimum absolute atomic E-state index is 0.0299. The van der Waals surface area contributed by atoms with Gasteiger partial charge in [-0.05, 0) is 61.2 Å². The Balaban J connectivity index is 1.59. The van der Waals surface area contributed by atoms with Crippen LogP contribution in [0.25, 0.3) is 0 Å². The van der Waals surface area contributed by atoms with Crippen LogP contribution in [0.15, 0.2) is 58.6 Å². The van der Waals surface area contributed by atoms with Crippen LogP contribution in [0.3, 0.4) is 0 Å². The highest BCUT2D eigenvalue weighted by Crippen LogP contribution is 2.66. The van der Waals surface area contributed by atoms with Crippen molar-refractivity contribution < 1.29 is 33.5 Å². The smallest absolute Gasteiger partial charge is 0.328 e. The Labute approximate surface area is 244 Å². The molecule has 4 aliphatic rings. The summed E-state index contributed by atoms with van der Waals surface area (Å²) in [4.78, 5) is 63.4. The molecule has 0 bridgehead atoms. The molecule has 0 spiro atoms. The maximum Gasteiger partial charge on any atom is 0.328 e. The normalized spacial score (nSPS) is 33.0. The third-order valence-electron chi connectivity index (χ3n) is 8.42. The third-order valence-corrected chi connectivity index (χ3v) is 10.3. The highest BCUT2D eigenvalue weighted by atomic mass is 79.9. The van der Waals surface area contributed by atoms with Gasteiger partial charge in [-0.3, -0.25) is 19.2 Å². The number of hydrogen-bond acceptors (Lipinski definition) is 6. The number of allylic oxidation sites excluding steroid dienone is 2. The first-order chi connectivity index (χ1) is 18.8. The summed E-state index contributed by atoms with van der Waals surface area (Å²) in [5.41, 5.74) is 5.95. The van der Waals surface area contributed by atoms with E-state index in [-0.39, 0.29) is 29.8 Å². The van der Waals surface area contributed by atoms with Crippen molar-refractivity contribution in [2.45, 2.75) is 28.5 Å². The monoisotopic (exact) mass is 649 g/mol. The molecule has 6 rings (SSSR count). The van der Waals surface area contributed by atoms with E-state index in [9.17, 15) is 33.5 Å². The fraction of sp³-hybridized carbons (Fsp3) is 0.296. The van der Waals surface area contributed by atoms with Gasteiger partial charge in [0.1, 0.15) is 11.6 Å². The van der Waals surface area contributed by atoms with E-state index in [0.717, 1.165) is 17.0 Å². The quantitative estimate of drug-likeness (QED) is 0.287. The number of hydrogen-bond donors (Lipinski definition) is 2. The van der Waals surface area contributed by atoms with Gasteiger partial charge < -0.3 is 10.8 Å². The number of anilines is 1. The molecule has 40 heavy (non-hydrogen) atoms. The molecule has 2 aliphatic heterocycles. The summed E-state index contributed by atoms with van der Waals surface area (Å²) in [6.45, 7) is 0. The molecular formula is C27H19BrCl2FN3O6. The van der Waals surface area contributed by atoms with Crippen molar-refractivity contribution in [3.8, 4) is 5.75 Å². The third kappa shape index (κ3) is 3.34. The lowest BCUT2D eigenvalue weighted by molar-refractivity contribution is -0.136. The number of halogens is 4. The van der Waals surface area contributed by atoms with Gasteiger partial charge in [-0.1, -0.05) is 27.6 Å². The topological polar surface area (TPSA) is 138 Å². The number of amides is 6. The zero-order valence-electron chi connectivity index (χ0n) is 20.3. The summed E-state index contributed by atoms with van der Waals surface area (Å²) in [5, 5.41) is 11.0. The molecule has 2 aromatic carbocycles. The lowest BCUT2D eigenvalue weighted by Gasteiger charge is -2.50. The molecule has 6 amide bonds. The number of aromatic hydroxyl groups is 1. The second-order valence-corrected chi connectivity index (χ2v) is 12.5. The van der Waals surface area contributed by atoms with E-state index in [2.05, 4.69) is 15.9 Å². The second kappa shape index (κ2) is 8.86. The number of phenols is 1. The summed E-state index contributed by atoms with van der Waals surface area (Å²) in [7, 11) is 0. The van der Waals surface area contributed by atoms with Crippen molar-refractivity contribution in [1.29, 1.82) is 0 Å². The van der Waals surface area contributed by atoms with Crippen LogP contribution in [0.1, 0.15) is 24.3 Å². The van der Waals surface area contributed by atoms with Crippen LogP contribution in [-0.4, -0.2) is 49.4 Å². The summed E-state index contributed by atoms with van der Waals surface area (Å²) >= 11 is 17.7. The van der Waals surface area contributed by atoms with Gasteiger partial charge in [-0.15, -0.1) is 23.2 Å². The lowest BCUT2D eigenvalue weighted by atomic mass is 9.56. The number of carbonyl (C=O) groups is 5. The Morgan fingerprint density at radius 3 is 2.35 bits per heavy atom. The van der Waals surface area contributed by atoms with Gasteiger partial charge in [0.15, 0.2) is 9.75 Å². The van der Waals surface area contributed by atoms with E-state index in [1.165, 1.54) is 24.3 Å². The highest BCUT2D eigenvalue weighted by molar-refractivity contribution is 9.10. The van der Waals surface area contributed by atoms with Crippen LogP contribution in [0, 0.1) is 23.6 Å². The minimum atomic E-state index is -2.19. The van der Waals surface area contributed by atoms with E-state index in [4.69, 9.17) is 28.9 Å². The van der Waals surface area contributed by atoms with Gasteiger partial charge in [0.05, 0.1) is 17.5 Å². The number of likely N-dealkylation sites (tertiary alicyclic amines) is 1. The van der Waals surface area contributed by atoms with Crippen molar-refractivity contribution in [2.75, 3.05) is 4.90 Å². The number of nitrogens with zero attached hydrogens (tertiary/aromatic N) is 2. The second-order valence-electron chi connectivity index (χ2n) is 10.3. The Hall–Kier alpha value is -3.28. The van der Waals surface area contributed by atoms with Crippen LogP contribution < -0.4 is 10.6 Å². The van der Waals surface area contributed by atoms with Crippen LogP contribution in [0.4, 0.5) is 14.9 Å². The molecule has 2 saturated heterocycles. The predicted octanol–water partition coefficient (Wildman–Crippen LogP) is 3.94. The Morgan fingerprint density at radius 2 is 1.70 bits per heavy atom. The predicted molar refractivity (Wildman–Crippen MR) is 144 cm³/mol. The minimum Gasteiger partial charge on any atom is -0.508 e. The largest absolute Gasteiger partial charge is 0.508 e. The number of alkyl halides is 2. The fourth-order valence-corrected chi connectivity index (χ4v) is 8.02. The number of benzene rings is 2. The molecular weight excluding hydrogens is 632 g/mol. The zero-order chi connectivity index (χ0) is 28.9. The molecule has 1 saturated carbocycles. The molecule has 6 unspecified atom stereocenters. The summed E-state index contributed by atoms with van der Waals surface area (Å²) in [5.74, 6) is -8.38. The van der Waals surface area contributed by atoms with Gasteiger partial charge in [0.2, 0.25) is 11.8 Å². The van der Waals surface area contributed by atoms with E-state index < -0.39 is 68.9 Å². The van der Waals surface area contributed by atoms with Crippen LogP contribution >= 0.6 is 39.1 Å². The van der Waals surface area contributed by atoms with Crippen molar-refractivity contribution in [3.05, 3.63) is 70.0 Å². The molecule has 206 valence electrons. The van der Waals surface area contributed by atoms with E-state index in [0.29, 0.717) is 14.9 Å². The van der Waals surface area contributed by atoms with E-state index in [1.54, 1.807) is 12.1 Å². The number of urea groups is 1. The van der Waals surface area contributed by atoms with Crippen molar-refractivity contribution in [2.24, 2.45) is 23.5 Å². The number of primary amides is 1. The molecule has 2 heterocycles. The number of imide groups is 4. The molecule has 3 fully saturated rings. The molecule has 6 atom stereocenters. The molecule has 2 aliphatic carbocycles. The SMILES string of the molecule is NC(=O)N1C(=O)C2CC=C3C(CC4(Cl)C(=O)N(c5ccc(F)cc5)C(=O)C4(Cl)C3c3cc(Br)ccc3O)C2C1=O. The average Bonchev–Trinajstić information content (AvgIpc) is 3.24. The summed E-state index contributed by atoms with van der Waals surface area (Å²) in [6, 6.07) is 7.88. The van der Waals surface area contributed by atoms with E-state index >= 15 is 0 Å². The maximum atomic E-state index is 14.2. The fourth-order valence-electron chi connectivity index (χ4n) is 6.72. The number of phenolic OH excluding ortho intramolecular Hbond substituents is 1. The number of carbonyl (C=O) groups excluding carboxylic acids is 5. The molecule has 3 N–H and O–H groups in total. The van der Waals surface area contributed by atoms with Gasteiger partial charge in [-0.2, -0.15) is 4.90 Å². The first kappa shape index (κ1) is 26.9. The van der Waals surface area contributed by atoms with Gasteiger partial charge >= 0.3 is 6.03 Å². The zero-order valence-corrected chi connectivity index (χ0v) is 23.4. The summed E-state index contributed by atoms with van der Waals surface area (Å²) < 4.78 is 14.2. The molecule has 0 aromatic heterocycles. The first-order valence-electron chi connectivity index (χ1n) is 12.2. The van der Waals surface area contributed by atoms with Crippen LogP contribution in [-0.2, 0) is 19.2 Å². The van der Waals surface area contributed by atoms with Crippen molar-refractivity contribution in [3.63, 3.8) is 0 Å². The van der Waals surface area contributed by atoms with Gasteiger partial charge in [0, 0.05) is 16.0 Å². The first-order valence-corrected chi connectivity index (χ1v) is 13.8. The van der Waals surface area contributed by atoms with Crippen molar-refractivity contribution >= 4 is 74.5 Å². The van der Waals surface area contributed by atoms with Crippen molar-refractivity contribution in [1.82, 2.24) is 4.90 Å². The van der Waals surface area contributed by atoms with E-state index in [1.807, 2.05) is 0 Å². The molecule has 9 nitrogen and oxygen atoms in total. The lowest BCUT2D eigenvalue weighted by Crippen LogP contribution is -2.60. The Bertz CT molecular complexity index is 1580. The maximum absolute atomic E-state index is 14.2. The Kier molecular flexibility index (Phi) is 5.96. The van der Waals surface area contributed by atoms with Gasteiger partial charge in [-0.25, -0.2) is 14.1 Å². The molecule has 13 heteroatoms. The van der Waals surface area contributed by atoms with Crippen LogP contribution in [0.5, 0.6) is 5.75 Å². The molecule has 2 aromatic rings. The average molecular weight is 651 g/mol.